The Hall–Kier alpha value is -7.08. The van der Waals surface area contributed by atoms with Gasteiger partial charge in [0.15, 0.2) is 11.5 Å². The van der Waals surface area contributed by atoms with Crippen molar-refractivity contribution < 1.29 is 47.7 Å². The van der Waals surface area contributed by atoms with Crippen molar-refractivity contribution in [3.05, 3.63) is 141 Å². The van der Waals surface area contributed by atoms with Crippen molar-refractivity contribution in [2.24, 2.45) is 0 Å². The first-order valence-electron chi connectivity index (χ1n) is 28.6. The number of Topliss-reactive ketones (excluding diaryl/α,β-unsaturated/α-hetero) is 1. The van der Waals surface area contributed by atoms with Crippen molar-refractivity contribution in [3.8, 4) is 17.2 Å². The molecule has 0 spiro atoms. The van der Waals surface area contributed by atoms with Crippen LogP contribution in [0.2, 0.25) is 0 Å². The predicted molar refractivity (Wildman–Crippen MR) is 315 cm³/mol. The van der Waals surface area contributed by atoms with Gasteiger partial charge in [0, 0.05) is 96.6 Å². The molecule has 5 aromatic carbocycles. The lowest BCUT2D eigenvalue weighted by molar-refractivity contribution is -0.138. The van der Waals surface area contributed by atoms with E-state index >= 15 is 0 Å². The number of benzene rings is 5. The topological polar surface area (TPSA) is 160 Å². The number of likely N-dealkylation sites (tertiary alicyclic amines) is 1. The summed E-state index contributed by atoms with van der Waals surface area (Å²) in [7, 11) is 3.61. The lowest BCUT2D eigenvalue weighted by Gasteiger charge is -2.36. The van der Waals surface area contributed by atoms with Crippen molar-refractivity contribution in [1.82, 2.24) is 14.7 Å². The molecule has 0 bridgehead atoms. The van der Waals surface area contributed by atoms with E-state index in [2.05, 4.69) is 76.6 Å². The standard InChI is InChI=1S/C64H76N6O10S/c1-6-22-77-24-25-78-23-21-67(19-11-17-52(71)18-12-20-68-61(72)35-60(81-5)64(68)75)49-28-43(40-79-57-33-55-53(26-42(57)2)62(73)69-37-47-15-9-7-13-45(47)30-50(69)36-65-55)27-44(29-49)41-80-59-34-56-54(32-58(59)76-4)63(74)70-38-48-16-10-8-14-46(48)31-51(70)39-66(56)3/h7-10,13-16,26-29,32-34,50-51,60,65H,6,11-12,17-25,30-31,35-41H2,1-5H3/t50-,51?,60?/m0/s1. The number of hydrogen-bond acceptors (Lipinski definition) is 14. The van der Waals surface area contributed by atoms with Crippen LogP contribution in [0.25, 0.3) is 0 Å². The summed E-state index contributed by atoms with van der Waals surface area (Å²) >= 11 is 1.39. The number of amides is 4. The van der Waals surface area contributed by atoms with Gasteiger partial charge >= 0.3 is 0 Å². The minimum Gasteiger partial charge on any atom is -0.493 e. The average Bonchev–Trinajstić information content (AvgIpc) is 3.96. The second-order valence-corrected chi connectivity index (χ2v) is 23.0. The molecule has 5 aliphatic rings. The number of ether oxygens (including phenoxy) is 5. The van der Waals surface area contributed by atoms with Gasteiger partial charge in [-0.2, -0.15) is 11.8 Å². The molecule has 17 heteroatoms. The molecule has 10 rings (SSSR count). The van der Waals surface area contributed by atoms with Crippen LogP contribution in [0.15, 0.2) is 91.0 Å². The average molecular weight is 1120 g/mol. The Bertz CT molecular complexity index is 3130. The number of thioether (sulfide) groups is 1. The molecule has 1 fully saturated rings. The molecule has 1 saturated heterocycles. The summed E-state index contributed by atoms with van der Waals surface area (Å²) in [6, 6.07) is 30.6. The summed E-state index contributed by atoms with van der Waals surface area (Å²) in [6.45, 7) is 10.1. The molecular weight excluding hydrogens is 1040 g/mol. The summed E-state index contributed by atoms with van der Waals surface area (Å²) in [5.41, 5.74) is 11.1. The third kappa shape index (κ3) is 13.2. The first kappa shape index (κ1) is 57.2. The summed E-state index contributed by atoms with van der Waals surface area (Å²) in [5.74, 6) is 1.31. The SMILES string of the molecule is CCCOCCOCCN(CCCC(=O)CCCN1C(=O)CC(SC)C1=O)c1cc(COc2cc3c(cc2C)C(=O)N2Cc4ccccc4C[C@H]2CN3)cc(COc2cc3c(cc2OC)C(=O)N2Cc4ccccc4CC2CN3C)c1. The molecular formula is C64H76N6O10S. The van der Waals surface area contributed by atoms with Crippen LogP contribution in [-0.4, -0.2) is 141 Å². The molecule has 5 aliphatic heterocycles. The van der Waals surface area contributed by atoms with E-state index in [9.17, 15) is 24.0 Å². The Morgan fingerprint density at radius 1 is 0.704 bits per heavy atom. The van der Waals surface area contributed by atoms with E-state index in [1.165, 1.54) is 38.9 Å². The quantitative estimate of drug-likeness (QED) is 0.0436. The molecule has 0 radical (unpaired) electrons. The zero-order chi connectivity index (χ0) is 56.6. The van der Waals surface area contributed by atoms with Gasteiger partial charge in [0.2, 0.25) is 11.8 Å². The third-order valence-electron chi connectivity index (χ3n) is 16.3. The summed E-state index contributed by atoms with van der Waals surface area (Å²) in [5, 5.41) is 3.25. The van der Waals surface area contributed by atoms with Gasteiger partial charge in [-0.3, -0.25) is 28.9 Å². The number of nitrogens with zero attached hydrogens (tertiary/aromatic N) is 5. The Morgan fingerprint density at radius 2 is 1.35 bits per heavy atom. The van der Waals surface area contributed by atoms with E-state index in [4.69, 9.17) is 23.7 Å². The van der Waals surface area contributed by atoms with Crippen molar-refractivity contribution in [2.75, 3.05) is 94.7 Å². The molecule has 5 heterocycles. The first-order valence-corrected chi connectivity index (χ1v) is 29.9. The van der Waals surface area contributed by atoms with Crippen LogP contribution >= 0.6 is 11.8 Å². The number of carbonyl (C=O) groups excluding carboxylic acids is 5. The van der Waals surface area contributed by atoms with Gasteiger partial charge in [0.05, 0.1) is 66.8 Å². The largest absolute Gasteiger partial charge is 0.493 e. The molecule has 428 valence electrons. The van der Waals surface area contributed by atoms with Crippen molar-refractivity contribution in [1.29, 1.82) is 0 Å². The minimum absolute atomic E-state index is 0.00491. The van der Waals surface area contributed by atoms with Crippen LogP contribution in [0.4, 0.5) is 17.1 Å². The Labute approximate surface area is 480 Å². The fourth-order valence-corrected chi connectivity index (χ4v) is 12.6. The van der Waals surface area contributed by atoms with Gasteiger partial charge < -0.3 is 48.6 Å². The Morgan fingerprint density at radius 3 is 2.02 bits per heavy atom. The second kappa shape index (κ2) is 26.2. The van der Waals surface area contributed by atoms with Crippen LogP contribution in [0.3, 0.4) is 0 Å². The molecule has 16 nitrogen and oxygen atoms in total. The van der Waals surface area contributed by atoms with E-state index in [0.29, 0.717) is 113 Å². The molecule has 81 heavy (non-hydrogen) atoms. The molecule has 2 unspecified atom stereocenters. The number of likely N-dealkylation sites (N-methyl/N-ethyl adjacent to an activating group) is 1. The molecule has 0 aromatic heterocycles. The maximum absolute atomic E-state index is 14.4. The van der Waals surface area contributed by atoms with Gasteiger partial charge in [-0.05, 0) is 115 Å². The van der Waals surface area contributed by atoms with Crippen LogP contribution in [0.1, 0.15) is 105 Å². The summed E-state index contributed by atoms with van der Waals surface area (Å²) in [6.07, 6.45) is 6.13. The summed E-state index contributed by atoms with van der Waals surface area (Å²) in [4.78, 5) is 76.9. The van der Waals surface area contributed by atoms with E-state index < -0.39 is 0 Å². The van der Waals surface area contributed by atoms with Gasteiger partial charge in [-0.1, -0.05) is 55.5 Å². The van der Waals surface area contributed by atoms with Gasteiger partial charge in [0.25, 0.3) is 11.8 Å². The van der Waals surface area contributed by atoms with Gasteiger partial charge in [0.1, 0.15) is 24.7 Å². The number of imide groups is 1. The van der Waals surface area contributed by atoms with Crippen LogP contribution in [0, 0.1) is 6.92 Å². The highest BCUT2D eigenvalue weighted by Gasteiger charge is 2.39. The number of hydrogen-bond donors (Lipinski definition) is 1. The highest BCUT2D eigenvalue weighted by atomic mass is 32.2. The molecule has 5 aromatic rings. The molecule has 4 amide bonds. The van der Waals surface area contributed by atoms with E-state index in [-0.39, 0.29) is 79.3 Å². The number of anilines is 3. The van der Waals surface area contributed by atoms with Crippen LogP contribution in [0.5, 0.6) is 17.2 Å². The zero-order valence-corrected chi connectivity index (χ0v) is 48.3. The van der Waals surface area contributed by atoms with Crippen LogP contribution < -0.4 is 29.3 Å². The molecule has 3 atom stereocenters. The van der Waals surface area contributed by atoms with Crippen LogP contribution in [-0.2, 0) is 63.0 Å². The lowest BCUT2D eigenvalue weighted by Crippen LogP contribution is -2.47. The normalized spacial score (nSPS) is 18.2. The fourth-order valence-electron chi connectivity index (χ4n) is 11.9. The number of nitrogens with one attached hydrogen (secondary N) is 1. The Balaban J connectivity index is 0.897. The van der Waals surface area contributed by atoms with Gasteiger partial charge in [-0.15, -0.1) is 0 Å². The van der Waals surface area contributed by atoms with E-state index in [1.807, 2.05) is 60.4 Å². The first-order chi connectivity index (χ1) is 39.4. The third-order valence-corrected chi connectivity index (χ3v) is 17.3. The highest BCUT2D eigenvalue weighted by molar-refractivity contribution is 8.00. The smallest absolute Gasteiger partial charge is 0.256 e. The highest BCUT2D eigenvalue weighted by Crippen LogP contribution is 2.41. The second-order valence-electron chi connectivity index (χ2n) is 21.9. The maximum Gasteiger partial charge on any atom is 0.256 e. The molecule has 1 N–H and O–H groups in total. The van der Waals surface area contributed by atoms with Crippen molar-refractivity contribution in [2.45, 2.75) is 109 Å². The van der Waals surface area contributed by atoms with Crippen molar-refractivity contribution >= 4 is 58.2 Å². The molecule has 0 aliphatic carbocycles. The molecule has 0 saturated carbocycles. The minimum atomic E-state index is -0.346. The zero-order valence-electron chi connectivity index (χ0n) is 47.5. The fraction of sp³-hybridized carbons (Fsp3) is 0.453. The summed E-state index contributed by atoms with van der Waals surface area (Å²) < 4.78 is 31.2. The van der Waals surface area contributed by atoms with E-state index in [1.54, 1.807) is 13.2 Å². The number of carbonyl (C=O) groups is 5. The van der Waals surface area contributed by atoms with E-state index in [0.717, 1.165) is 53.0 Å². The maximum atomic E-state index is 14.4. The number of ketones is 1. The number of methoxy groups -OCH3 is 1. The number of fused-ring (bicyclic) bond motifs is 6. The monoisotopic (exact) mass is 1120 g/mol. The number of rotatable bonds is 25. The van der Waals surface area contributed by atoms with Crippen molar-refractivity contribution in [3.63, 3.8) is 0 Å². The van der Waals surface area contributed by atoms with Gasteiger partial charge in [-0.25, -0.2) is 0 Å². The lowest BCUT2D eigenvalue weighted by atomic mass is 9.93. The number of aryl methyl sites for hydroxylation is 1. The Kier molecular flexibility index (Phi) is 18.5. The predicted octanol–water partition coefficient (Wildman–Crippen LogP) is 9.04.